The summed E-state index contributed by atoms with van der Waals surface area (Å²) in [5, 5.41) is 0. The lowest BCUT2D eigenvalue weighted by molar-refractivity contribution is 0.00578. The molecule has 0 N–H and O–H groups in total. The summed E-state index contributed by atoms with van der Waals surface area (Å²) < 4.78 is 12.2. The van der Waals surface area contributed by atoms with Crippen LogP contribution in [0.15, 0.2) is 30.3 Å². The van der Waals surface area contributed by atoms with Crippen molar-refractivity contribution in [2.24, 2.45) is 0 Å². The number of nitrogens with zero attached hydrogens (tertiary/aromatic N) is 2. The van der Waals surface area contributed by atoms with Crippen LogP contribution in [0.2, 0.25) is 0 Å². The smallest absolute Gasteiger partial charge is 0.399 e. The van der Waals surface area contributed by atoms with Crippen molar-refractivity contribution in [1.29, 1.82) is 0 Å². The predicted molar refractivity (Wildman–Crippen MR) is 118 cm³/mol. The highest BCUT2D eigenvalue weighted by Crippen LogP contribution is 2.40. The Morgan fingerprint density at radius 2 is 1.34 bits per heavy atom. The Kier molecular flexibility index (Phi) is 5.33. The maximum atomic E-state index is 6.11. The van der Waals surface area contributed by atoms with Crippen molar-refractivity contribution in [2.75, 3.05) is 0 Å². The molecule has 1 saturated heterocycles. The lowest BCUT2D eigenvalue weighted by Crippen LogP contribution is -2.41. The molecule has 3 heterocycles. The summed E-state index contributed by atoms with van der Waals surface area (Å²) in [4.78, 5) is 9.06. The molecule has 0 aromatic carbocycles. The zero-order chi connectivity index (χ0) is 20.8. The summed E-state index contributed by atoms with van der Waals surface area (Å²) in [6.07, 6.45) is 5.21. The minimum absolute atomic E-state index is 0.274. The quantitative estimate of drug-likeness (QED) is 0.702. The molecule has 5 heteroatoms. The first kappa shape index (κ1) is 20.6. The van der Waals surface area contributed by atoms with Crippen LogP contribution < -0.4 is 5.46 Å². The van der Waals surface area contributed by atoms with E-state index < -0.39 is 0 Å². The monoisotopic (exact) mass is 392 g/mol. The largest absolute Gasteiger partial charge is 0.494 e. The summed E-state index contributed by atoms with van der Waals surface area (Å²) in [6.45, 7) is 12.4. The van der Waals surface area contributed by atoms with Crippen molar-refractivity contribution in [3.05, 3.63) is 53.1 Å². The predicted octanol–water partition coefficient (Wildman–Crippen LogP) is 4.83. The van der Waals surface area contributed by atoms with Gasteiger partial charge in [-0.05, 0) is 97.0 Å². The summed E-state index contributed by atoms with van der Waals surface area (Å²) in [6, 6.07) is 10.5. The van der Waals surface area contributed by atoms with Gasteiger partial charge in [-0.1, -0.05) is 6.07 Å². The Labute approximate surface area is 175 Å². The maximum Gasteiger partial charge on any atom is 0.494 e. The fourth-order valence-corrected chi connectivity index (χ4v) is 3.60. The SMILES string of the molecule is Cc1cc(B2OC(C)(C)C(C)(C)O2)cc(C2CC2)n1.Cc1cccc(C2CC2)n1. The van der Waals surface area contributed by atoms with E-state index in [0.717, 1.165) is 22.8 Å². The first-order valence-electron chi connectivity index (χ1n) is 10.9. The molecule has 0 bridgehead atoms. The highest BCUT2D eigenvalue weighted by atomic mass is 16.7. The van der Waals surface area contributed by atoms with E-state index in [2.05, 4.69) is 61.9 Å². The van der Waals surface area contributed by atoms with Gasteiger partial charge in [0.1, 0.15) is 0 Å². The average molecular weight is 392 g/mol. The van der Waals surface area contributed by atoms with Gasteiger partial charge in [-0.3, -0.25) is 9.97 Å². The molecule has 4 nitrogen and oxygen atoms in total. The lowest BCUT2D eigenvalue weighted by atomic mass is 9.78. The second kappa shape index (κ2) is 7.52. The van der Waals surface area contributed by atoms with Gasteiger partial charge in [0.2, 0.25) is 0 Å². The molecule has 2 aliphatic carbocycles. The summed E-state index contributed by atoms with van der Waals surface area (Å²) in [7, 11) is -0.274. The third-order valence-electron chi connectivity index (χ3n) is 6.42. The molecule has 2 saturated carbocycles. The molecule has 3 aliphatic rings. The van der Waals surface area contributed by atoms with Crippen molar-refractivity contribution >= 4 is 12.6 Å². The molecule has 0 spiro atoms. The second-order valence-electron chi connectivity index (χ2n) is 9.81. The molecule has 3 fully saturated rings. The molecule has 5 rings (SSSR count). The van der Waals surface area contributed by atoms with Gasteiger partial charge in [0.05, 0.1) is 11.2 Å². The van der Waals surface area contributed by atoms with Crippen molar-refractivity contribution in [2.45, 2.75) is 90.3 Å². The van der Waals surface area contributed by atoms with Gasteiger partial charge in [-0.15, -0.1) is 0 Å². The summed E-state index contributed by atoms with van der Waals surface area (Å²) in [5.74, 6) is 1.45. The number of hydrogen-bond acceptors (Lipinski definition) is 4. The second-order valence-corrected chi connectivity index (χ2v) is 9.81. The van der Waals surface area contributed by atoms with Gasteiger partial charge < -0.3 is 9.31 Å². The standard InChI is InChI=1S/C15H22BNO2.C9H11N/c1-10-8-12(9-13(17-10)11-6-7-11)16-18-14(2,3)15(4,5)19-16;1-7-3-2-4-9(10-7)8-5-6-8/h8-9,11H,6-7H2,1-5H3;2-4,8H,5-6H2,1H3. The third kappa shape index (κ3) is 4.72. The van der Waals surface area contributed by atoms with Gasteiger partial charge in [-0.25, -0.2) is 0 Å². The van der Waals surface area contributed by atoms with Crippen molar-refractivity contribution < 1.29 is 9.31 Å². The number of rotatable bonds is 3. The first-order chi connectivity index (χ1) is 13.6. The number of aryl methyl sites for hydroxylation is 2. The Bertz CT molecular complexity index is 872. The maximum absolute atomic E-state index is 6.11. The molecule has 0 amide bonds. The third-order valence-corrected chi connectivity index (χ3v) is 6.42. The molecule has 0 radical (unpaired) electrons. The number of aromatic nitrogens is 2. The van der Waals surface area contributed by atoms with E-state index >= 15 is 0 Å². The van der Waals surface area contributed by atoms with E-state index in [1.165, 1.54) is 37.1 Å². The van der Waals surface area contributed by atoms with Gasteiger partial charge >= 0.3 is 7.12 Å². The highest BCUT2D eigenvalue weighted by Gasteiger charge is 2.51. The van der Waals surface area contributed by atoms with Gasteiger partial charge in [-0.2, -0.15) is 0 Å². The van der Waals surface area contributed by atoms with Crippen LogP contribution >= 0.6 is 0 Å². The van der Waals surface area contributed by atoms with Gasteiger partial charge in [0.15, 0.2) is 0 Å². The van der Waals surface area contributed by atoms with E-state index in [1.807, 2.05) is 19.9 Å². The zero-order valence-corrected chi connectivity index (χ0v) is 18.7. The van der Waals surface area contributed by atoms with E-state index in [1.54, 1.807) is 0 Å². The minimum Gasteiger partial charge on any atom is -0.399 e. The minimum atomic E-state index is -0.283. The normalized spacial score (nSPS) is 22.2. The fraction of sp³-hybridized carbons (Fsp3) is 0.583. The lowest BCUT2D eigenvalue weighted by Gasteiger charge is -2.32. The van der Waals surface area contributed by atoms with E-state index in [4.69, 9.17) is 9.31 Å². The van der Waals surface area contributed by atoms with Gasteiger partial charge in [0.25, 0.3) is 0 Å². The molecular formula is C24H33BN2O2. The van der Waals surface area contributed by atoms with Crippen LogP contribution in [0.25, 0.3) is 0 Å². The summed E-state index contributed by atoms with van der Waals surface area (Å²) >= 11 is 0. The van der Waals surface area contributed by atoms with Crippen molar-refractivity contribution in [3.8, 4) is 0 Å². The highest BCUT2D eigenvalue weighted by molar-refractivity contribution is 6.62. The average Bonchev–Trinajstić information content (AvgIpc) is 3.54. The van der Waals surface area contributed by atoms with Crippen LogP contribution in [0.4, 0.5) is 0 Å². The van der Waals surface area contributed by atoms with Crippen LogP contribution in [-0.2, 0) is 9.31 Å². The van der Waals surface area contributed by atoms with Crippen LogP contribution in [-0.4, -0.2) is 28.3 Å². The Hall–Kier alpha value is -1.72. The van der Waals surface area contributed by atoms with Gasteiger partial charge in [0, 0.05) is 34.6 Å². The van der Waals surface area contributed by atoms with E-state index in [9.17, 15) is 0 Å². The van der Waals surface area contributed by atoms with Crippen molar-refractivity contribution in [3.63, 3.8) is 0 Å². The van der Waals surface area contributed by atoms with Crippen LogP contribution in [0.5, 0.6) is 0 Å². The topological polar surface area (TPSA) is 44.2 Å². The molecule has 2 aromatic rings. The van der Waals surface area contributed by atoms with E-state index in [0.29, 0.717) is 5.92 Å². The molecule has 2 aromatic heterocycles. The molecule has 29 heavy (non-hydrogen) atoms. The summed E-state index contributed by atoms with van der Waals surface area (Å²) in [5.41, 5.74) is 5.22. The van der Waals surface area contributed by atoms with Crippen LogP contribution in [0.1, 0.15) is 88.0 Å². The Morgan fingerprint density at radius 3 is 1.90 bits per heavy atom. The number of pyridine rings is 2. The Morgan fingerprint density at radius 1 is 0.793 bits per heavy atom. The number of hydrogen-bond donors (Lipinski definition) is 0. The zero-order valence-electron chi connectivity index (χ0n) is 18.7. The van der Waals surface area contributed by atoms with Crippen LogP contribution in [0.3, 0.4) is 0 Å². The molecule has 0 unspecified atom stereocenters. The first-order valence-corrected chi connectivity index (χ1v) is 10.9. The molecule has 0 atom stereocenters. The van der Waals surface area contributed by atoms with E-state index in [-0.39, 0.29) is 18.3 Å². The van der Waals surface area contributed by atoms with Crippen LogP contribution in [0, 0.1) is 13.8 Å². The fourth-order valence-electron chi connectivity index (χ4n) is 3.60. The molecule has 1 aliphatic heterocycles. The molecular weight excluding hydrogens is 359 g/mol. The Balaban J connectivity index is 0.000000171. The van der Waals surface area contributed by atoms with Crippen molar-refractivity contribution in [1.82, 2.24) is 9.97 Å². The molecule has 154 valence electrons.